The fourth-order valence-corrected chi connectivity index (χ4v) is 1.62. The Bertz CT molecular complexity index is 352. The molecule has 0 aliphatic carbocycles. The predicted molar refractivity (Wildman–Crippen MR) is 61.3 cm³/mol. The van der Waals surface area contributed by atoms with Gasteiger partial charge >= 0.3 is 6.18 Å². The second-order valence-electron chi connectivity index (χ2n) is 4.17. The van der Waals surface area contributed by atoms with E-state index in [2.05, 4.69) is 15.2 Å². The van der Waals surface area contributed by atoms with E-state index in [1.54, 1.807) is 17.9 Å². The number of halogens is 3. The molecule has 1 N–H and O–H groups in total. The topological polar surface area (TPSA) is 39.1 Å². The van der Waals surface area contributed by atoms with Crippen LogP contribution in [0, 0.1) is 0 Å². The molecule has 0 spiro atoms. The lowest BCUT2D eigenvalue weighted by Crippen LogP contribution is -2.29. The molecule has 1 rings (SSSR count). The fraction of sp³-hybridized carbons (Fsp3) is 0.727. The van der Waals surface area contributed by atoms with Gasteiger partial charge in [0.1, 0.15) is 6.61 Å². The van der Waals surface area contributed by atoms with Crippen molar-refractivity contribution in [1.82, 2.24) is 15.1 Å². The molecule has 1 unspecified atom stereocenters. The van der Waals surface area contributed by atoms with Crippen LogP contribution in [0.15, 0.2) is 12.4 Å². The van der Waals surface area contributed by atoms with Crippen LogP contribution in [0.25, 0.3) is 0 Å². The zero-order valence-electron chi connectivity index (χ0n) is 10.5. The number of likely N-dealkylation sites (N-methyl/N-ethyl adjacent to an activating group) is 1. The molecular formula is C11H18F3N3O. The number of ether oxygens (including phenoxy) is 1. The van der Waals surface area contributed by atoms with E-state index in [1.807, 2.05) is 13.2 Å². The SMILES string of the molecule is CNC(CCOCC(F)(F)F)Cc1cnn(C)c1. The first-order valence-corrected chi connectivity index (χ1v) is 5.70. The third-order valence-corrected chi connectivity index (χ3v) is 2.53. The van der Waals surface area contributed by atoms with Crippen molar-refractivity contribution in [3.05, 3.63) is 18.0 Å². The number of nitrogens with zero attached hydrogens (tertiary/aromatic N) is 2. The van der Waals surface area contributed by atoms with E-state index in [9.17, 15) is 13.2 Å². The van der Waals surface area contributed by atoms with Gasteiger partial charge in [0, 0.05) is 25.9 Å². The average Bonchev–Trinajstić information content (AvgIpc) is 2.67. The van der Waals surface area contributed by atoms with Crippen LogP contribution in [0.4, 0.5) is 13.2 Å². The highest BCUT2D eigenvalue weighted by Crippen LogP contribution is 2.14. The van der Waals surface area contributed by atoms with Crippen molar-refractivity contribution in [2.75, 3.05) is 20.3 Å². The zero-order chi connectivity index (χ0) is 13.6. The van der Waals surface area contributed by atoms with Crippen LogP contribution in [-0.4, -0.2) is 42.3 Å². The van der Waals surface area contributed by atoms with Gasteiger partial charge in [-0.1, -0.05) is 0 Å². The normalized spacial score (nSPS) is 13.8. The van der Waals surface area contributed by atoms with Crippen LogP contribution in [0.2, 0.25) is 0 Å². The summed E-state index contributed by atoms with van der Waals surface area (Å²) in [7, 11) is 3.61. The number of rotatable bonds is 7. The highest BCUT2D eigenvalue weighted by Gasteiger charge is 2.27. The van der Waals surface area contributed by atoms with Gasteiger partial charge in [0.25, 0.3) is 0 Å². The summed E-state index contributed by atoms with van der Waals surface area (Å²) >= 11 is 0. The summed E-state index contributed by atoms with van der Waals surface area (Å²) in [6.07, 6.45) is 0.640. The molecule has 1 aromatic heterocycles. The van der Waals surface area contributed by atoms with E-state index in [0.717, 1.165) is 12.0 Å². The largest absolute Gasteiger partial charge is 0.411 e. The van der Waals surface area contributed by atoms with Crippen LogP contribution in [0.1, 0.15) is 12.0 Å². The lowest BCUT2D eigenvalue weighted by atomic mass is 10.1. The molecule has 0 aliphatic heterocycles. The molecule has 0 fully saturated rings. The van der Waals surface area contributed by atoms with E-state index in [1.165, 1.54) is 0 Å². The molecule has 4 nitrogen and oxygen atoms in total. The van der Waals surface area contributed by atoms with Crippen molar-refractivity contribution in [2.45, 2.75) is 25.1 Å². The molecule has 7 heteroatoms. The van der Waals surface area contributed by atoms with Gasteiger partial charge < -0.3 is 10.1 Å². The van der Waals surface area contributed by atoms with Crippen LogP contribution in [-0.2, 0) is 18.2 Å². The molecule has 0 radical (unpaired) electrons. The maximum atomic E-state index is 11.9. The van der Waals surface area contributed by atoms with Gasteiger partial charge in [0.05, 0.1) is 6.20 Å². The van der Waals surface area contributed by atoms with E-state index in [4.69, 9.17) is 0 Å². The molecule has 0 saturated heterocycles. The van der Waals surface area contributed by atoms with Gasteiger partial charge in [-0.3, -0.25) is 4.68 Å². The Labute approximate surface area is 104 Å². The molecule has 1 aromatic rings. The number of aryl methyl sites for hydroxylation is 1. The molecule has 18 heavy (non-hydrogen) atoms. The van der Waals surface area contributed by atoms with Crippen molar-refractivity contribution in [3.8, 4) is 0 Å². The third-order valence-electron chi connectivity index (χ3n) is 2.53. The summed E-state index contributed by atoms with van der Waals surface area (Å²) in [4.78, 5) is 0. The number of alkyl halides is 3. The second kappa shape index (κ2) is 6.75. The molecule has 1 atom stereocenters. The van der Waals surface area contributed by atoms with Crippen molar-refractivity contribution in [1.29, 1.82) is 0 Å². The molecule has 0 saturated carbocycles. The fourth-order valence-electron chi connectivity index (χ4n) is 1.62. The standard InChI is InChI=1S/C11H18F3N3O/c1-15-10(3-4-18-8-11(12,13)14)5-9-6-16-17(2)7-9/h6-7,10,15H,3-5,8H2,1-2H3. The highest BCUT2D eigenvalue weighted by atomic mass is 19.4. The number of nitrogens with one attached hydrogen (secondary N) is 1. The van der Waals surface area contributed by atoms with Gasteiger partial charge in [-0.25, -0.2) is 0 Å². The Morgan fingerprint density at radius 2 is 2.22 bits per heavy atom. The summed E-state index contributed by atoms with van der Waals surface area (Å²) in [6.45, 7) is -1.10. The minimum Gasteiger partial charge on any atom is -0.372 e. The highest BCUT2D eigenvalue weighted by molar-refractivity contribution is 5.05. The van der Waals surface area contributed by atoms with Crippen molar-refractivity contribution < 1.29 is 17.9 Å². The van der Waals surface area contributed by atoms with E-state index < -0.39 is 12.8 Å². The van der Waals surface area contributed by atoms with Crippen LogP contribution >= 0.6 is 0 Å². The monoisotopic (exact) mass is 265 g/mol. The van der Waals surface area contributed by atoms with Crippen LogP contribution in [0.5, 0.6) is 0 Å². The molecule has 1 heterocycles. The van der Waals surface area contributed by atoms with Crippen LogP contribution < -0.4 is 5.32 Å². The van der Waals surface area contributed by atoms with Gasteiger partial charge in [-0.05, 0) is 25.5 Å². The van der Waals surface area contributed by atoms with Gasteiger partial charge in [0.2, 0.25) is 0 Å². The Morgan fingerprint density at radius 1 is 1.50 bits per heavy atom. The summed E-state index contributed by atoms with van der Waals surface area (Å²) in [5, 5.41) is 7.10. The first kappa shape index (κ1) is 15.0. The molecule has 0 aromatic carbocycles. The predicted octanol–water partition coefficient (Wildman–Crippen LogP) is 1.52. The number of aromatic nitrogens is 2. The average molecular weight is 265 g/mol. The number of hydrogen-bond donors (Lipinski definition) is 1. The number of hydrogen-bond acceptors (Lipinski definition) is 3. The second-order valence-corrected chi connectivity index (χ2v) is 4.17. The summed E-state index contributed by atoms with van der Waals surface area (Å²) in [5.41, 5.74) is 1.05. The maximum absolute atomic E-state index is 11.9. The summed E-state index contributed by atoms with van der Waals surface area (Å²) in [5.74, 6) is 0. The Balaban J connectivity index is 2.25. The van der Waals surface area contributed by atoms with Crippen molar-refractivity contribution >= 4 is 0 Å². The van der Waals surface area contributed by atoms with Gasteiger partial charge in [-0.15, -0.1) is 0 Å². The molecule has 0 amide bonds. The first-order valence-electron chi connectivity index (χ1n) is 5.70. The van der Waals surface area contributed by atoms with Gasteiger partial charge in [-0.2, -0.15) is 18.3 Å². The minimum atomic E-state index is -4.25. The molecule has 0 aliphatic rings. The van der Waals surface area contributed by atoms with E-state index in [0.29, 0.717) is 6.42 Å². The summed E-state index contributed by atoms with van der Waals surface area (Å²) < 4.78 is 41.9. The lowest BCUT2D eigenvalue weighted by Gasteiger charge is -2.15. The van der Waals surface area contributed by atoms with E-state index in [-0.39, 0.29) is 12.6 Å². The Hall–Kier alpha value is -1.08. The Kier molecular flexibility index (Phi) is 5.61. The third kappa shape index (κ3) is 6.02. The zero-order valence-corrected chi connectivity index (χ0v) is 10.5. The Morgan fingerprint density at radius 3 is 2.72 bits per heavy atom. The molecule has 0 bridgehead atoms. The van der Waals surface area contributed by atoms with Crippen LogP contribution in [0.3, 0.4) is 0 Å². The molecular weight excluding hydrogens is 247 g/mol. The lowest BCUT2D eigenvalue weighted by molar-refractivity contribution is -0.174. The van der Waals surface area contributed by atoms with E-state index >= 15 is 0 Å². The van der Waals surface area contributed by atoms with Crippen molar-refractivity contribution in [3.63, 3.8) is 0 Å². The quantitative estimate of drug-likeness (QED) is 0.760. The van der Waals surface area contributed by atoms with Gasteiger partial charge in [0.15, 0.2) is 0 Å². The maximum Gasteiger partial charge on any atom is 0.411 e. The minimum absolute atomic E-state index is 0.0856. The summed E-state index contributed by atoms with van der Waals surface area (Å²) in [6, 6.07) is 0.0856. The first-order chi connectivity index (χ1) is 8.40. The smallest absolute Gasteiger partial charge is 0.372 e. The molecule has 104 valence electrons. The van der Waals surface area contributed by atoms with Crippen molar-refractivity contribution in [2.24, 2.45) is 7.05 Å².